The first kappa shape index (κ1) is 22.2. The second-order valence-corrected chi connectivity index (χ2v) is 7.44. The van der Waals surface area contributed by atoms with Crippen LogP contribution < -0.4 is 4.74 Å². The fourth-order valence-electron chi connectivity index (χ4n) is 3.46. The molecule has 0 aliphatic carbocycles. The zero-order valence-corrected chi connectivity index (χ0v) is 17.5. The van der Waals surface area contributed by atoms with E-state index in [-0.39, 0.29) is 23.4 Å². The number of ether oxygens (including phenoxy) is 1. The van der Waals surface area contributed by atoms with Crippen molar-refractivity contribution in [1.82, 2.24) is 9.80 Å². The van der Waals surface area contributed by atoms with Gasteiger partial charge in [0.05, 0.1) is 11.6 Å². The fourth-order valence-corrected chi connectivity index (χ4v) is 3.46. The van der Waals surface area contributed by atoms with Gasteiger partial charge in [0.15, 0.2) is 0 Å². The van der Waals surface area contributed by atoms with Crippen molar-refractivity contribution < 1.29 is 23.8 Å². The molecule has 0 radical (unpaired) electrons. The first-order valence-electron chi connectivity index (χ1n) is 9.86. The lowest BCUT2D eigenvalue weighted by Crippen LogP contribution is -2.35. The number of carbonyl (C=O) groups excluding carboxylic acids is 2. The van der Waals surface area contributed by atoms with Crippen molar-refractivity contribution in [1.29, 1.82) is 0 Å². The Kier molecular flexibility index (Phi) is 6.87. The summed E-state index contributed by atoms with van der Waals surface area (Å²) in [6, 6.07) is 11.4. The van der Waals surface area contributed by atoms with Crippen molar-refractivity contribution in [3.05, 3.63) is 83.7 Å². The topological polar surface area (TPSA) is 70.1 Å². The van der Waals surface area contributed by atoms with E-state index in [1.165, 1.54) is 23.1 Å². The number of rotatable bonds is 8. The predicted molar refractivity (Wildman–Crippen MR) is 116 cm³/mol. The smallest absolute Gasteiger partial charge is 0.295 e. The molecule has 31 heavy (non-hydrogen) atoms. The third kappa shape index (κ3) is 4.67. The molecule has 0 spiro atoms. The van der Waals surface area contributed by atoms with E-state index in [0.29, 0.717) is 24.5 Å². The maximum Gasteiger partial charge on any atom is 0.295 e. The van der Waals surface area contributed by atoms with Gasteiger partial charge >= 0.3 is 0 Å². The Hall–Kier alpha value is -3.45. The van der Waals surface area contributed by atoms with Crippen molar-refractivity contribution >= 4 is 17.4 Å². The van der Waals surface area contributed by atoms with Gasteiger partial charge in [-0.25, -0.2) is 4.39 Å². The summed E-state index contributed by atoms with van der Waals surface area (Å²) < 4.78 is 20.1. The van der Waals surface area contributed by atoms with Gasteiger partial charge < -0.3 is 19.6 Å². The first-order chi connectivity index (χ1) is 14.8. The van der Waals surface area contributed by atoms with Gasteiger partial charge in [0, 0.05) is 24.2 Å². The van der Waals surface area contributed by atoms with Gasteiger partial charge in [-0.3, -0.25) is 9.59 Å². The number of carbonyl (C=O) groups is 2. The summed E-state index contributed by atoms with van der Waals surface area (Å²) in [5.41, 5.74) is 0.361. The highest BCUT2D eigenvalue weighted by molar-refractivity contribution is 6.46. The molecule has 2 aromatic carbocycles. The molecule has 7 heteroatoms. The number of halogens is 1. The van der Waals surface area contributed by atoms with Gasteiger partial charge in [0.2, 0.25) is 0 Å². The van der Waals surface area contributed by atoms with Crippen molar-refractivity contribution in [2.45, 2.75) is 6.04 Å². The van der Waals surface area contributed by atoms with Gasteiger partial charge in [-0.1, -0.05) is 30.9 Å². The van der Waals surface area contributed by atoms with E-state index in [1.807, 2.05) is 19.0 Å². The lowest BCUT2D eigenvalue weighted by atomic mass is 9.95. The number of ketones is 1. The van der Waals surface area contributed by atoms with E-state index in [0.717, 1.165) is 0 Å². The Morgan fingerprint density at radius 2 is 1.87 bits per heavy atom. The van der Waals surface area contributed by atoms with E-state index < -0.39 is 23.5 Å². The largest absolute Gasteiger partial charge is 0.507 e. The summed E-state index contributed by atoms with van der Waals surface area (Å²) in [7, 11) is 3.68. The molecule has 1 saturated heterocycles. The monoisotopic (exact) mass is 424 g/mol. The molecule has 0 aromatic heterocycles. The molecule has 1 N–H and O–H groups in total. The number of aliphatic hydroxyl groups is 1. The second-order valence-electron chi connectivity index (χ2n) is 7.44. The number of benzene rings is 2. The minimum atomic E-state index is -1.02. The average molecular weight is 424 g/mol. The Morgan fingerprint density at radius 3 is 2.48 bits per heavy atom. The summed E-state index contributed by atoms with van der Waals surface area (Å²) in [4.78, 5) is 28.9. The molecule has 2 aromatic rings. The highest BCUT2D eigenvalue weighted by atomic mass is 19.1. The molecule has 0 bridgehead atoms. The number of likely N-dealkylation sites (N-methyl/N-ethyl adjacent to an activating group) is 1. The van der Waals surface area contributed by atoms with Crippen LogP contribution in [0.3, 0.4) is 0 Å². The maximum atomic E-state index is 14.7. The summed E-state index contributed by atoms with van der Waals surface area (Å²) in [5, 5.41) is 11.0. The van der Waals surface area contributed by atoms with E-state index >= 15 is 0 Å². The van der Waals surface area contributed by atoms with Crippen LogP contribution in [0.5, 0.6) is 5.75 Å². The normalized spacial score (nSPS) is 17.9. The highest BCUT2D eigenvalue weighted by Crippen LogP contribution is 2.40. The summed E-state index contributed by atoms with van der Waals surface area (Å²) in [6.07, 6.45) is 1.61. The lowest BCUT2D eigenvalue weighted by Gasteiger charge is -2.26. The Morgan fingerprint density at radius 1 is 1.19 bits per heavy atom. The molecule has 1 fully saturated rings. The summed E-state index contributed by atoms with van der Waals surface area (Å²) in [5.74, 6) is -1.94. The van der Waals surface area contributed by atoms with Crippen LogP contribution in [0.15, 0.2) is 66.8 Å². The van der Waals surface area contributed by atoms with E-state index in [4.69, 9.17) is 4.74 Å². The van der Waals surface area contributed by atoms with E-state index in [9.17, 15) is 19.1 Å². The number of amides is 1. The highest BCUT2D eigenvalue weighted by Gasteiger charge is 2.46. The number of Topliss-reactive ketones (excluding diaryl/α,β-unsaturated/α-hetero) is 1. The number of hydrogen-bond donors (Lipinski definition) is 1. The van der Waals surface area contributed by atoms with Crippen LogP contribution in [0.2, 0.25) is 0 Å². The van der Waals surface area contributed by atoms with Crippen molar-refractivity contribution in [3.8, 4) is 5.75 Å². The molecule has 0 unspecified atom stereocenters. The Labute approximate surface area is 180 Å². The molecule has 1 aliphatic heterocycles. The quantitative estimate of drug-likeness (QED) is 0.305. The van der Waals surface area contributed by atoms with Crippen LogP contribution in [0.4, 0.5) is 4.39 Å². The van der Waals surface area contributed by atoms with Gasteiger partial charge in [-0.05, 0) is 44.4 Å². The standard InChI is InChI=1S/C24H25FN2O4/c1-4-15-31-17-11-9-16(10-12-17)22(28)20-21(18-7-5-6-8-19(18)25)27(14-13-26(2)3)24(30)23(20)29/h4-12,21,28H,1,13-15H2,2-3H3/t21-/m1/s1. The summed E-state index contributed by atoms with van der Waals surface area (Å²) in [6.45, 7) is 4.60. The SMILES string of the molecule is C=CCOc1ccc(C(O)=C2C(=O)C(=O)N(CCN(C)C)[C@@H]2c2ccccc2F)cc1. The average Bonchev–Trinajstić information content (AvgIpc) is 3.01. The fraction of sp³-hybridized carbons (Fsp3) is 0.250. The molecule has 1 amide bonds. The zero-order valence-electron chi connectivity index (χ0n) is 17.5. The molecular weight excluding hydrogens is 399 g/mol. The Bertz CT molecular complexity index is 1010. The molecular formula is C24H25FN2O4. The number of hydrogen-bond acceptors (Lipinski definition) is 5. The van der Waals surface area contributed by atoms with Gasteiger partial charge in [-0.2, -0.15) is 0 Å². The molecule has 3 rings (SSSR count). The van der Waals surface area contributed by atoms with Crippen LogP contribution in [-0.2, 0) is 9.59 Å². The minimum absolute atomic E-state index is 0.131. The van der Waals surface area contributed by atoms with Gasteiger partial charge in [0.25, 0.3) is 11.7 Å². The molecule has 1 aliphatic rings. The van der Waals surface area contributed by atoms with Crippen molar-refractivity contribution in [2.75, 3.05) is 33.8 Å². The van der Waals surface area contributed by atoms with Crippen LogP contribution in [0.25, 0.3) is 5.76 Å². The molecule has 162 valence electrons. The second kappa shape index (κ2) is 9.57. The zero-order chi connectivity index (χ0) is 22.5. The number of aliphatic hydroxyl groups excluding tert-OH is 1. The van der Waals surface area contributed by atoms with Crippen LogP contribution in [0.1, 0.15) is 17.2 Å². The number of likely N-dealkylation sites (tertiary alicyclic amines) is 1. The first-order valence-corrected chi connectivity index (χ1v) is 9.86. The van der Waals surface area contributed by atoms with Crippen molar-refractivity contribution in [3.63, 3.8) is 0 Å². The molecule has 6 nitrogen and oxygen atoms in total. The Balaban J connectivity index is 2.08. The van der Waals surface area contributed by atoms with Gasteiger partial charge in [-0.15, -0.1) is 0 Å². The third-order valence-electron chi connectivity index (χ3n) is 5.02. The summed E-state index contributed by atoms with van der Waals surface area (Å²) >= 11 is 0. The molecule has 0 saturated carbocycles. The van der Waals surface area contributed by atoms with Crippen LogP contribution in [-0.4, -0.2) is 60.4 Å². The molecule has 1 atom stereocenters. The van der Waals surface area contributed by atoms with E-state index in [2.05, 4.69) is 6.58 Å². The van der Waals surface area contributed by atoms with Crippen molar-refractivity contribution in [2.24, 2.45) is 0 Å². The van der Waals surface area contributed by atoms with Crippen LogP contribution in [0, 0.1) is 5.82 Å². The third-order valence-corrected chi connectivity index (χ3v) is 5.02. The van der Waals surface area contributed by atoms with Gasteiger partial charge in [0.1, 0.15) is 23.9 Å². The van der Waals surface area contributed by atoms with E-state index in [1.54, 1.807) is 36.4 Å². The maximum absolute atomic E-state index is 14.7. The number of nitrogens with zero attached hydrogens (tertiary/aromatic N) is 2. The molecule has 1 heterocycles. The predicted octanol–water partition coefficient (Wildman–Crippen LogP) is 3.37. The minimum Gasteiger partial charge on any atom is -0.507 e. The lowest BCUT2D eigenvalue weighted by molar-refractivity contribution is -0.140. The van der Waals surface area contributed by atoms with Crippen LogP contribution >= 0.6 is 0 Å².